The van der Waals surface area contributed by atoms with Gasteiger partial charge in [0, 0.05) is 0 Å². The van der Waals surface area contributed by atoms with E-state index < -0.39 is 0 Å². The maximum Gasteiger partial charge on any atom is 0.189 e. The molecule has 2 heteroatoms. The summed E-state index contributed by atoms with van der Waals surface area (Å²) in [6, 6.07) is 1.80. The first-order valence-corrected chi connectivity index (χ1v) is 2.88. The lowest BCUT2D eigenvalue weighted by molar-refractivity contribution is 0.193. The number of allylic oxidation sites excluding steroid dienone is 1. The van der Waals surface area contributed by atoms with E-state index in [2.05, 4.69) is 6.58 Å². The largest absolute Gasteiger partial charge is 0.484 e. The summed E-state index contributed by atoms with van der Waals surface area (Å²) in [5.41, 5.74) is 0. The minimum Gasteiger partial charge on any atom is -0.484 e. The molecule has 0 fully saturated rings. The summed E-state index contributed by atoms with van der Waals surface area (Å²) in [5.74, 6) is 0.652. The SMILES string of the molecule is C=C(C#N)OCC(C)C. The molecule has 0 aliphatic rings. The highest BCUT2D eigenvalue weighted by molar-refractivity contribution is 5.06. The zero-order valence-electron chi connectivity index (χ0n) is 5.85. The molecule has 0 heterocycles. The van der Waals surface area contributed by atoms with Crippen molar-refractivity contribution < 1.29 is 4.74 Å². The Morgan fingerprint density at radius 3 is 2.67 bits per heavy atom. The van der Waals surface area contributed by atoms with Crippen LogP contribution in [0.15, 0.2) is 12.3 Å². The van der Waals surface area contributed by atoms with Crippen LogP contribution >= 0.6 is 0 Å². The fourth-order valence-electron chi connectivity index (χ4n) is 0.300. The molecule has 9 heavy (non-hydrogen) atoms. The van der Waals surface area contributed by atoms with Crippen molar-refractivity contribution in [3.63, 3.8) is 0 Å². The van der Waals surface area contributed by atoms with Gasteiger partial charge in [-0.25, -0.2) is 0 Å². The fourth-order valence-corrected chi connectivity index (χ4v) is 0.300. The van der Waals surface area contributed by atoms with Gasteiger partial charge in [0.05, 0.1) is 6.61 Å². The Morgan fingerprint density at radius 2 is 2.33 bits per heavy atom. The molecule has 0 aromatic heterocycles. The van der Waals surface area contributed by atoms with Gasteiger partial charge in [-0.1, -0.05) is 13.8 Å². The highest BCUT2D eigenvalue weighted by Crippen LogP contribution is 1.97. The molecule has 0 aromatic rings. The number of hydrogen-bond donors (Lipinski definition) is 0. The van der Waals surface area contributed by atoms with Gasteiger partial charge in [0.2, 0.25) is 0 Å². The van der Waals surface area contributed by atoms with E-state index in [4.69, 9.17) is 10.00 Å². The Hall–Kier alpha value is -0.970. The van der Waals surface area contributed by atoms with Crippen LogP contribution in [-0.4, -0.2) is 6.61 Å². The van der Waals surface area contributed by atoms with Crippen molar-refractivity contribution in [3.05, 3.63) is 12.3 Å². The molecule has 50 valence electrons. The zero-order chi connectivity index (χ0) is 7.28. The van der Waals surface area contributed by atoms with Gasteiger partial charge in [0.15, 0.2) is 5.76 Å². The van der Waals surface area contributed by atoms with Gasteiger partial charge < -0.3 is 4.74 Å². The molecule has 0 aliphatic heterocycles. The molecule has 0 saturated carbocycles. The Kier molecular flexibility index (Phi) is 3.54. The molecule has 0 N–H and O–H groups in total. The normalized spacial score (nSPS) is 8.67. The summed E-state index contributed by atoms with van der Waals surface area (Å²) < 4.78 is 4.90. The maximum atomic E-state index is 8.17. The summed E-state index contributed by atoms with van der Waals surface area (Å²) in [6.45, 7) is 7.97. The van der Waals surface area contributed by atoms with Crippen molar-refractivity contribution >= 4 is 0 Å². The first-order valence-electron chi connectivity index (χ1n) is 2.88. The molecule has 0 spiro atoms. The molecular formula is C7H11NO. The lowest BCUT2D eigenvalue weighted by Crippen LogP contribution is -1.99. The van der Waals surface area contributed by atoms with E-state index in [1.54, 1.807) is 6.07 Å². The lowest BCUT2D eigenvalue weighted by atomic mass is 10.2. The number of nitriles is 1. The van der Waals surface area contributed by atoms with Crippen LogP contribution in [0.5, 0.6) is 0 Å². The second-order valence-corrected chi connectivity index (χ2v) is 2.24. The Labute approximate surface area is 55.7 Å². The van der Waals surface area contributed by atoms with E-state index in [0.717, 1.165) is 0 Å². The fraction of sp³-hybridized carbons (Fsp3) is 0.571. The van der Waals surface area contributed by atoms with Crippen molar-refractivity contribution in [3.8, 4) is 6.07 Å². The van der Waals surface area contributed by atoms with Gasteiger partial charge in [-0.15, -0.1) is 0 Å². The average molecular weight is 125 g/mol. The van der Waals surface area contributed by atoms with Crippen LogP contribution in [0.4, 0.5) is 0 Å². The molecule has 0 radical (unpaired) electrons. The third kappa shape index (κ3) is 4.89. The standard InChI is InChI=1S/C7H11NO/c1-6(2)5-9-7(3)4-8/h6H,3,5H2,1-2H3. The van der Waals surface area contributed by atoms with E-state index in [1.807, 2.05) is 13.8 Å². The maximum absolute atomic E-state index is 8.17. The van der Waals surface area contributed by atoms with E-state index in [1.165, 1.54) is 0 Å². The number of ether oxygens (including phenoxy) is 1. The first-order chi connectivity index (χ1) is 4.16. The molecule has 0 bridgehead atoms. The molecule has 0 saturated heterocycles. The van der Waals surface area contributed by atoms with Crippen LogP contribution in [0.1, 0.15) is 13.8 Å². The molecule has 0 aromatic carbocycles. The van der Waals surface area contributed by atoms with Crippen molar-refractivity contribution in [1.82, 2.24) is 0 Å². The average Bonchev–Trinajstić information content (AvgIpc) is 1.83. The van der Waals surface area contributed by atoms with Crippen LogP contribution in [0.25, 0.3) is 0 Å². The molecule has 0 atom stereocenters. The minimum absolute atomic E-state index is 0.198. The van der Waals surface area contributed by atoms with E-state index in [0.29, 0.717) is 12.5 Å². The molecule has 2 nitrogen and oxygen atoms in total. The van der Waals surface area contributed by atoms with Gasteiger partial charge in [0.25, 0.3) is 0 Å². The molecular weight excluding hydrogens is 114 g/mol. The summed E-state index contributed by atoms with van der Waals surface area (Å²) in [6.07, 6.45) is 0. The second-order valence-electron chi connectivity index (χ2n) is 2.24. The van der Waals surface area contributed by atoms with Gasteiger partial charge in [-0.05, 0) is 12.5 Å². The van der Waals surface area contributed by atoms with Crippen LogP contribution < -0.4 is 0 Å². The Bertz CT molecular complexity index is 132. The Balaban J connectivity index is 3.31. The van der Waals surface area contributed by atoms with Crippen LogP contribution in [0.3, 0.4) is 0 Å². The Morgan fingerprint density at radius 1 is 1.78 bits per heavy atom. The van der Waals surface area contributed by atoms with Crippen LogP contribution in [-0.2, 0) is 4.74 Å². The number of rotatable bonds is 3. The van der Waals surface area contributed by atoms with Gasteiger partial charge in [-0.2, -0.15) is 5.26 Å². The second kappa shape index (κ2) is 3.96. The monoisotopic (exact) mass is 125 g/mol. The van der Waals surface area contributed by atoms with E-state index in [9.17, 15) is 0 Å². The molecule has 0 aliphatic carbocycles. The lowest BCUT2D eigenvalue weighted by Gasteiger charge is -2.04. The quantitative estimate of drug-likeness (QED) is 0.425. The van der Waals surface area contributed by atoms with Gasteiger partial charge in [0.1, 0.15) is 6.07 Å². The predicted octanol–water partition coefficient (Wildman–Crippen LogP) is 1.70. The number of nitrogens with zero attached hydrogens (tertiary/aromatic N) is 1. The van der Waals surface area contributed by atoms with Crippen molar-refractivity contribution in [2.24, 2.45) is 5.92 Å². The molecule has 0 amide bonds. The zero-order valence-corrected chi connectivity index (χ0v) is 5.85. The van der Waals surface area contributed by atoms with Crippen molar-refractivity contribution in [1.29, 1.82) is 5.26 Å². The highest BCUT2D eigenvalue weighted by Gasteiger charge is 1.94. The predicted molar refractivity (Wildman–Crippen MR) is 35.5 cm³/mol. The summed E-state index contributed by atoms with van der Waals surface area (Å²) in [7, 11) is 0. The summed E-state index contributed by atoms with van der Waals surface area (Å²) in [5, 5.41) is 8.17. The summed E-state index contributed by atoms with van der Waals surface area (Å²) in [4.78, 5) is 0. The summed E-state index contributed by atoms with van der Waals surface area (Å²) >= 11 is 0. The molecule has 0 rings (SSSR count). The minimum atomic E-state index is 0.198. The van der Waals surface area contributed by atoms with Crippen LogP contribution in [0.2, 0.25) is 0 Å². The van der Waals surface area contributed by atoms with Gasteiger partial charge in [-0.3, -0.25) is 0 Å². The third-order valence-corrected chi connectivity index (χ3v) is 0.716. The van der Waals surface area contributed by atoms with Gasteiger partial charge >= 0.3 is 0 Å². The third-order valence-electron chi connectivity index (χ3n) is 0.716. The van der Waals surface area contributed by atoms with E-state index in [-0.39, 0.29) is 5.76 Å². The van der Waals surface area contributed by atoms with Crippen LogP contribution in [0, 0.1) is 17.2 Å². The first kappa shape index (κ1) is 8.03. The topological polar surface area (TPSA) is 33.0 Å². The number of hydrogen-bond acceptors (Lipinski definition) is 2. The molecule has 0 unspecified atom stereocenters. The van der Waals surface area contributed by atoms with Crippen molar-refractivity contribution in [2.45, 2.75) is 13.8 Å². The smallest absolute Gasteiger partial charge is 0.189 e. The van der Waals surface area contributed by atoms with Crippen molar-refractivity contribution in [2.75, 3.05) is 6.61 Å². The highest BCUT2D eigenvalue weighted by atomic mass is 16.5. The van der Waals surface area contributed by atoms with E-state index >= 15 is 0 Å².